The van der Waals surface area contributed by atoms with Crippen molar-refractivity contribution in [3.05, 3.63) is 29.3 Å². The maximum Gasteiger partial charge on any atom is 0.160 e. The fourth-order valence-corrected chi connectivity index (χ4v) is 2.23. The summed E-state index contributed by atoms with van der Waals surface area (Å²) in [6.07, 6.45) is 6.63. The topological polar surface area (TPSA) is 46.5 Å². The highest BCUT2D eigenvalue weighted by Crippen LogP contribution is 2.18. The molecule has 1 rings (SSSR count). The van der Waals surface area contributed by atoms with Crippen molar-refractivity contribution in [1.29, 1.82) is 0 Å². The monoisotopic (exact) mass is 278 g/mol. The number of aliphatic hydroxyl groups excluding tert-OH is 1. The fourth-order valence-electron chi connectivity index (χ4n) is 2.23. The highest BCUT2D eigenvalue weighted by atomic mass is 16.5. The summed E-state index contributed by atoms with van der Waals surface area (Å²) >= 11 is 0. The normalized spacial score (nSPS) is 10.6. The van der Waals surface area contributed by atoms with Crippen LogP contribution in [0.25, 0.3) is 0 Å². The summed E-state index contributed by atoms with van der Waals surface area (Å²) in [5.74, 6) is 0.935. The van der Waals surface area contributed by atoms with Gasteiger partial charge in [-0.25, -0.2) is 0 Å². The largest absolute Gasteiger partial charge is 0.494 e. The zero-order chi connectivity index (χ0) is 14.8. The molecule has 0 saturated carbocycles. The number of ether oxygens (including phenoxy) is 1. The molecule has 0 unspecified atom stereocenters. The van der Waals surface area contributed by atoms with Crippen LogP contribution in [0.15, 0.2) is 18.2 Å². The number of rotatable bonds is 10. The van der Waals surface area contributed by atoms with E-state index in [-0.39, 0.29) is 5.78 Å². The van der Waals surface area contributed by atoms with Gasteiger partial charge in [0.2, 0.25) is 0 Å². The predicted molar refractivity (Wildman–Crippen MR) is 81.5 cm³/mol. The Morgan fingerprint density at radius 1 is 1.10 bits per heavy atom. The zero-order valence-electron chi connectivity index (χ0n) is 12.7. The molecule has 0 bridgehead atoms. The van der Waals surface area contributed by atoms with Gasteiger partial charge in [-0.1, -0.05) is 25.7 Å². The second-order valence-electron chi connectivity index (χ2n) is 5.23. The molecule has 3 heteroatoms. The summed E-state index contributed by atoms with van der Waals surface area (Å²) in [6, 6.07) is 5.63. The Morgan fingerprint density at radius 2 is 1.75 bits per heavy atom. The van der Waals surface area contributed by atoms with Crippen LogP contribution in [0.4, 0.5) is 0 Å². The summed E-state index contributed by atoms with van der Waals surface area (Å²) < 4.78 is 5.70. The van der Waals surface area contributed by atoms with Crippen LogP contribution in [0, 0.1) is 6.92 Å². The number of ketones is 1. The molecular formula is C17H26O3. The standard InChI is InChI=1S/C17H26O3/c1-14-13-16(9-10-17(14)15(2)19)20-12-8-6-4-3-5-7-11-18/h9-10,13,18H,3-8,11-12H2,1-2H3. The molecule has 1 aromatic rings. The molecule has 0 fully saturated rings. The van der Waals surface area contributed by atoms with Crippen LogP contribution < -0.4 is 4.74 Å². The Labute approximate surface area is 122 Å². The smallest absolute Gasteiger partial charge is 0.160 e. The Balaban J connectivity index is 2.19. The average molecular weight is 278 g/mol. The van der Waals surface area contributed by atoms with Gasteiger partial charge in [0.15, 0.2) is 5.78 Å². The maximum absolute atomic E-state index is 11.3. The molecule has 0 aromatic heterocycles. The highest BCUT2D eigenvalue weighted by Gasteiger charge is 2.04. The van der Waals surface area contributed by atoms with Crippen molar-refractivity contribution >= 4 is 5.78 Å². The van der Waals surface area contributed by atoms with E-state index in [1.807, 2.05) is 25.1 Å². The lowest BCUT2D eigenvalue weighted by molar-refractivity contribution is 0.101. The lowest BCUT2D eigenvalue weighted by Gasteiger charge is -2.08. The number of carbonyl (C=O) groups excluding carboxylic acids is 1. The molecule has 0 atom stereocenters. The van der Waals surface area contributed by atoms with Crippen molar-refractivity contribution in [3.8, 4) is 5.75 Å². The average Bonchev–Trinajstić information content (AvgIpc) is 2.41. The summed E-state index contributed by atoms with van der Waals surface area (Å²) in [7, 11) is 0. The minimum absolute atomic E-state index is 0.0944. The number of unbranched alkanes of at least 4 members (excludes halogenated alkanes) is 5. The molecule has 112 valence electrons. The van der Waals surface area contributed by atoms with Crippen molar-refractivity contribution in [2.75, 3.05) is 13.2 Å². The summed E-state index contributed by atoms with van der Waals surface area (Å²) in [5.41, 5.74) is 1.74. The third-order valence-corrected chi connectivity index (χ3v) is 3.40. The molecule has 0 saturated heterocycles. The molecule has 20 heavy (non-hydrogen) atoms. The van der Waals surface area contributed by atoms with Crippen molar-refractivity contribution in [2.45, 2.75) is 52.4 Å². The first kappa shape index (κ1) is 16.7. The molecule has 0 heterocycles. The van der Waals surface area contributed by atoms with Gasteiger partial charge in [-0.05, 0) is 50.5 Å². The van der Waals surface area contributed by atoms with Crippen LogP contribution in [0.2, 0.25) is 0 Å². The summed E-state index contributed by atoms with van der Waals surface area (Å²) in [5, 5.41) is 8.67. The van der Waals surface area contributed by atoms with Gasteiger partial charge >= 0.3 is 0 Å². The van der Waals surface area contributed by atoms with Crippen molar-refractivity contribution in [2.24, 2.45) is 0 Å². The lowest BCUT2D eigenvalue weighted by atomic mass is 10.1. The number of aryl methyl sites for hydroxylation is 1. The number of hydrogen-bond donors (Lipinski definition) is 1. The van der Waals surface area contributed by atoms with Crippen LogP contribution in [0.1, 0.15) is 61.4 Å². The Bertz CT molecular complexity index is 413. The number of carbonyl (C=O) groups is 1. The second-order valence-corrected chi connectivity index (χ2v) is 5.23. The zero-order valence-corrected chi connectivity index (χ0v) is 12.7. The minimum atomic E-state index is 0.0944. The highest BCUT2D eigenvalue weighted by molar-refractivity contribution is 5.95. The van der Waals surface area contributed by atoms with Gasteiger partial charge in [-0.3, -0.25) is 4.79 Å². The summed E-state index contributed by atoms with van der Waals surface area (Å²) in [6.45, 7) is 4.54. The van der Waals surface area contributed by atoms with Gasteiger partial charge in [-0.15, -0.1) is 0 Å². The number of benzene rings is 1. The minimum Gasteiger partial charge on any atom is -0.494 e. The first-order valence-corrected chi connectivity index (χ1v) is 7.50. The van der Waals surface area contributed by atoms with E-state index in [0.29, 0.717) is 6.61 Å². The van der Waals surface area contributed by atoms with Gasteiger partial charge in [0, 0.05) is 12.2 Å². The molecule has 3 nitrogen and oxygen atoms in total. The number of hydrogen-bond acceptors (Lipinski definition) is 3. The molecule has 1 N–H and O–H groups in total. The van der Waals surface area contributed by atoms with Gasteiger partial charge in [0.05, 0.1) is 6.61 Å². The third kappa shape index (κ3) is 6.20. The Morgan fingerprint density at radius 3 is 2.35 bits per heavy atom. The van der Waals surface area contributed by atoms with E-state index in [1.54, 1.807) is 6.92 Å². The lowest BCUT2D eigenvalue weighted by Crippen LogP contribution is -2.00. The van der Waals surface area contributed by atoms with Crippen molar-refractivity contribution in [3.63, 3.8) is 0 Å². The van der Waals surface area contributed by atoms with Crippen LogP contribution in [0.5, 0.6) is 5.75 Å². The second kappa shape index (κ2) is 9.54. The number of Topliss-reactive ketones (excluding diaryl/α,β-unsaturated/α-hetero) is 1. The molecular weight excluding hydrogens is 252 g/mol. The predicted octanol–water partition coefficient (Wildman–Crippen LogP) is 3.91. The number of aliphatic hydroxyl groups is 1. The van der Waals surface area contributed by atoms with E-state index in [4.69, 9.17) is 9.84 Å². The van der Waals surface area contributed by atoms with Gasteiger partial charge in [0.1, 0.15) is 5.75 Å². The van der Waals surface area contributed by atoms with E-state index in [9.17, 15) is 4.79 Å². The van der Waals surface area contributed by atoms with E-state index < -0.39 is 0 Å². The van der Waals surface area contributed by atoms with E-state index in [1.165, 1.54) is 12.8 Å². The van der Waals surface area contributed by atoms with Crippen LogP contribution in [-0.4, -0.2) is 24.1 Å². The van der Waals surface area contributed by atoms with E-state index >= 15 is 0 Å². The molecule has 1 aromatic carbocycles. The molecule has 0 aliphatic heterocycles. The quantitative estimate of drug-likeness (QED) is 0.521. The summed E-state index contributed by atoms with van der Waals surface area (Å²) in [4.78, 5) is 11.3. The third-order valence-electron chi connectivity index (χ3n) is 3.40. The Hall–Kier alpha value is -1.35. The molecule has 0 aliphatic rings. The molecule has 0 radical (unpaired) electrons. The van der Waals surface area contributed by atoms with Crippen LogP contribution in [-0.2, 0) is 0 Å². The molecule has 0 aliphatic carbocycles. The van der Waals surface area contributed by atoms with E-state index in [2.05, 4.69) is 0 Å². The van der Waals surface area contributed by atoms with Gasteiger partial charge < -0.3 is 9.84 Å². The van der Waals surface area contributed by atoms with E-state index in [0.717, 1.165) is 49.2 Å². The van der Waals surface area contributed by atoms with Gasteiger partial charge in [0.25, 0.3) is 0 Å². The molecule has 0 amide bonds. The maximum atomic E-state index is 11.3. The SMILES string of the molecule is CC(=O)c1ccc(OCCCCCCCCO)cc1C. The van der Waals surface area contributed by atoms with Crippen LogP contribution >= 0.6 is 0 Å². The van der Waals surface area contributed by atoms with Crippen LogP contribution in [0.3, 0.4) is 0 Å². The first-order valence-electron chi connectivity index (χ1n) is 7.50. The fraction of sp³-hybridized carbons (Fsp3) is 0.588. The first-order chi connectivity index (χ1) is 9.65. The van der Waals surface area contributed by atoms with Crippen molar-refractivity contribution < 1.29 is 14.6 Å². The molecule has 0 spiro atoms. The Kier molecular flexibility index (Phi) is 7.97. The van der Waals surface area contributed by atoms with Crippen molar-refractivity contribution in [1.82, 2.24) is 0 Å². The van der Waals surface area contributed by atoms with Gasteiger partial charge in [-0.2, -0.15) is 0 Å².